The molecule has 1 fully saturated rings. The van der Waals surface area contributed by atoms with Crippen molar-refractivity contribution in [3.8, 4) is 0 Å². The molecule has 0 bridgehead atoms. The van der Waals surface area contributed by atoms with Crippen molar-refractivity contribution in [1.29, 1.82) is 0 Å². The van der Waals surface area contributed by atoms with Gasteiger partial charge >= 0.3 is 0 Å². The quantitative estimate of drug-likeness (QED) is 0.256. The van der Waals surface area contributed by atoms with Crippen molar-refractivity contribution in [2.75, 3.05) is 6.61 Å². The summed E-state index contributed by atoms with van der Waals surface area (Å²) in [5.74, 6) is -0.716. The van der Waals surface area contributed by atoms with Crippen LogP contribution in [0.5, 0.6) is 0 Å². The van der Waals surface area contributed by atoms with Gasteiger partial charge in [0, 0.05) is 4.91 Å². The van der Waals surface area contributed by atoms with Gasteiger partial charge in [0.05, 0.1) is 24.9 Å². The van der Waals surface area contributed by atoms with Gasteiger partial charge in [0.15, 0.2) is 17.6 Å². The molecule has 17 heavy (non-hydrogen) atoms. The third kappa shape index (κ3) is 2.12. The molecule has 1 aliphatic heterocycles. The molecule has 0 aliphatic carbocycles. The van der Waals surface area contributed by atoms with Crippen molar-refractivity contribution < 1.29 is 24.9 Å². The fourth-order valence-electron chi connectivity index (χ4n) is 1.72. The molecule has 9 nitrogen and oxygen atoms in total. The first-order valence-corrected chi connectivity index (χ1v) is 4.86. The van der Waals surface area contributed by atoms with E-state index in [1.165, 1.54) is 0 Å². The van der Waals surface area contributed by atoms with Crippen LogP contribution >= 0.6 is 0 Å². The molecule has 96 valence electrons. The molecule has 1 rings (SSSR count). The lowest BCUT2D eigenvalue weighted by Gasteiger charge is -2.45. The van der Waals surface area contributed by atoms with E-state index in [4.69, 9.17) is 21.1 Å². The average molecular weight is 246 g/mol. The average Bonchev–Trinajstić information content (AvgIpc) is 2.29. The van der Waals surface area contributed by atoms with Gasteiger partial charge in [-0.2, -0.15) is 0 Å². The number of Topliss-reactive ketones (excluding diaryl/α,β-unsaturated/α-hetero) is 1. The van der Waals surface area contributed by atoms with Crippen LogP contribution < -0.4 is 5.73 Å². The van der Waals surface area contributed by atoms with Gasteiger partial charge in [-0.25, -0.2) is 0 Å². The van der Waals surface area contributed by atoms with Crippen molar-refractivity contribution in [3.05, 3.63) is 10.4 Å². The summed E-state index contributed by atoms with van der Waals surface area (Å²) in [4.78, 5) is 13.8. The maximum atomic E-state index is 11.4. The number of hydrogen-bond acceptors (Lipinski definition) is 7. The summed E-state index contributed by atoms with van der Waals surface area (Å²) in [5.41, 5.74) is 11.9. The van der Waals surface area contributed by atoms with Crippen LogP contribution in [0.4, 0.5) is 0 Å². The van der Waals surface area contributed by atoms with Crippen LogP contribution in [0.3, 0.4) is 0 Å². The van der Waals surface area contributed by atoms with Crippen LogP contribution in [0.25, 0.3) is 10.4 Å². The van der Waals surface area contributed by atoms with Gasteiger partial charge in [-0.15, -0.1) is 0 Å². The van der Waals surface area contributed by atoms with Crippen molar-refractivity contribution in [3.63, 3.8) is 0 Å². The van der Waals surface area contributed by atoms with Crippen LogP contribution in [0.1, 0.15) is 6.92 Å². The first-order valence-electron chi connectivity index (χ1n) is 4.86. The Hall–Kier alpha value is -1.22. The van der Waals surface area contributed by atoms with E-state index in [1.54, 1.807) is 0 Å². The number of ketones is 1. The lowest BCUT2D eigenvalue weighted by Crippen LogP contribution is -2.73. The standard InChI is InChI=1S/C8H14N4O5/c1-3(14)8(9)6(15)5(11-12-10)4(2-13)17-7(8)16/h4-7,13,15-16H,2,9H2,1H3/t4-,5+,6+,7?,8-/m1/s1. The van der Waals surface area contributed by atoms with Gasteiger partial charge in [-0.3, -0.25) is 4.79 Å². The Balaban J connectivity index is 3.14. The first-order chi connectivity index (χ1) is 7.89. The van der Waals surface area contributed by atoms with Crippen LogP contribution in [-0.2, 0) is 9.53 Å². The molecule has 0 aromatic carbocycles. The molecule has 0 aromatic heterocycles. The molecule has 5 atom stereocenters. The SMILES string of the molecule is CC(=O)[C@]1(N)C(O)O[C@H](CO)[C@H](N=[N+]=[N-])[C@@H]1O. The highest BCUT2D eigenvalue weighted by molar-refractivity contribution is 5.87. The zero-order valence-electron chi connectivity index (χ0n) is 9.09. The summed E-state index contributed by atoms with van der Waals surface area (Å²) < 4.78 is 4.88. The predicted octanol–water partition coefficient (Wildman–Crippen LogP) is -1.98. The maximum absolute atomic E-state index is 11.4. The highest BCUT2D eigenvalue weighted by Gasteiger charge is 2.55. The van der Waals surface area contributed by atoms with E-state index in [-0.39, 0.29) is 0 Å². The van der Waals surface area contributed by atoms with E-state index in [0.29, 0.717) is 0 Å². The topological polar surface area (TPSA) is 162 Å². The molecule has 0 radical (unpaired) electrons. The number of hydrogen-bond donors (Lipinski definition) is 4. The number of carbonyl (C=O) groups excluding carboxylic acids is 1. The highest BCUT2D eigenvalue weighted by Crippen LogP contribution is 2.29. The minimum absolute atomic E-state index is 0.591. The summed E-state index contributed by atoms with van der Waals surface area (Å²) in [5, 5.41) is 31.7. The van der Waals surface area contributed by atoms with Gasteiger partial charge in [-0.05, 0) is 12.5 Å². The molecule has 5 N–H and O–H groups in total. The van der Waals surface area contributed by atoms with E-state index in [9.17, 15) is 15.0 Å². The number of aliphatic hydroxyl groups excluding tert-OH is 3. The molecule has 1 heterocycles. The number of ether oxygens (including phenoxy) is 1. The minimum Gasteiger partial charge on any atom is -0.394 e. The fraction of sp³-hybridized carbons (Fsp3) is 0.875. The Morgan fingerprint density at radius 2 is 2.24 bits per heavy atom. The molecule has 1 aliphatic rings. The second kappa shape index (κ2) is 4.96. The second-order valence-corrected chi connectivity index (χ2v) is 3.84. The number of nitrogens with zero attached hydrogens (tertiary/aromatic N) is 3. The molecule has 0 saturated carbocycles. The van der Waals surface area contributed by atoms with Crippen LogP contribution in [0, 0.1) is 0 Å². The smallest absolute Gasteiger partial charge is 0.182 e. The third-order valence-corrected chi connectivity index (χ3v) is 2.88. The molecule has 9 heteroatoms. The minimum atomic E-state index is -2.08. The number of carbonyl (C=O) groups is 1. The lowest BCUT2D eigenvalue weighted by molar-refractivity contribution is -0.241. The van der Waals surface area contributed by atoms with E-state index in [2.05, 4.69) is 10.0 Å². The van der Waals surface area contributed by atoms with Gasteiger partial charge in [0.2, 0.25) is 0 Å². The summed E-state index contributed by atoms with van der Waals surface area (Å²) in [6.07, 6.45) is -4.54. The Morgan fingerprint density at radius 3 is 2.65 bits per heavy atom. The zero-order chi connectivity index (χ0) is 13.2. The van der Waals surface area contributed by atoms with Crippen molar-refractivity contribution in [2.24, 2.45) is 10.8 Å². The summed E-state index contributed by atoms with van der Waals surface area (Å²) in [7, 11) is 0. The van der Waals surface area contributed by atoms with E-state index < -0.39 is 42.5 Å². The van der Waals surface area contributed by atoms with Crippen molar-refractivity contribution in [2.45, 2.75) is 37.0 Å². The first kappa shape index (κ1) is 13.8. The van der Waals surface area contributed by atoms with E-state index in [0.717, 1.165) is 6.92 Å². The normalized spacial score (nSPS) is 41.7. The van der Waals surface area contributed by atoms with Gasteiger partial charge in [-0.1, -0.05) is 5.11 Å². The lowest BCUT2D eigenvalue weighted by atomic mass is 9.80. The second-order valence-electron chi connectivity index (χ2n) is 3.84. The molecular formula is C8H14N4O5. The number of rotatable bonds is 3. The molecule has 0 aromatic rings. The van der Waals surface area contributed by atoms with Crippen molar-refractivity contribution in [1.82, 2.24) is 0 Å². The Morgan fingerprint density at radius 1 is 1.65 bits per heavy atom. The van der Waals surface area contributed by atoms with Crippen LogP contribution in [-0.4, -0.2) is 57.8 Å². The summed E-state index contributed by atoms with van der Waals surface area (Å²) in [6, 6.07) is -1.25. The summed E-state index contributed by atoms with van der Waals surface area (Å²) in [6.45, 7) is 0.480. The van der Waals surface area contributed by atoms with E-state index >= 15 is 0 Å². The zero-order valence-corrected chi connectivity index (χ0v) is 9.09. The molecular weight excluding hydrogens is 232 g/mol. The highest BCUT2D eigenvalue weighted by atomic mass is 16.6. The Bertz CT molecular complexity index is 358. The van der Waals surface area contributed by atoms with Gasteiger partial charge in [0.1, 0.15) is 0 Å². The Kier molecular flexibility index (Phi) is 4.04. The number of azide groups is 1. The van der Waals surface area contributed by atoms with Crippen LogP contribution in [0.15, 0.2) is 5.11 Å². The largest absolute Gasteiger partial charge is 0.394 e. The molecule has 1 saturated heterocycles. The molecule has 1 unspecified atom stereocenters. The van der Waals surface area contributed by atoms with Crippen LogP contribution in [0.2, 0.25) is 0 Å². The predicted molar refractivity (Wildman–Crippen MR) is 54.5 cm³/mol. The van der Waals surface area contributed by atoms with Gasteiger partial charge in [0.25, 0.3) is 0 Å². The fourth-order valence-corrected chi connectivity index (χ4v) is 1.72. The number of nitrogens with two attached hydrogens (primary N) is 1. The summed E-state index contributed by atoms with van der Waals surface area (Å²) >= 11 is 0. The molecule has 0 spiro atoms. The monoisotopic (exact) mass is 246 g/mol. The Labute approximate surface area is 96.4 Å². The molecule has 0 amide bonds. The van der Waals surface area contributed by atoms with Crippen molar-refractivity contribution >= 4 is 5.78 Å². The third-order valence-electron chi connectivity index (χ3n) is 2.88. The maximum Gasteiger partial charge on any atom is 0.182 e. The van der Waals surface area contributed by atoms with Gasteiger partial charge < -0.3 is 25.8 Å². The number of aliphatic hydroxyl groups is 3. The van der Waals surface area contributed by atoms with E-state index in [1.807, 2.05) is 0 Å².